The first kappa shape index (κ1) is 27.7. The first-order valence-corrected chi connectivity index (χ1v) is 14.6. The van der Waals surface area contributed by atoms with Crippen LogP contribution in [0.25, 0.3) is 0 Å². The van der Waals surface area contributed by atoms with Crippen LogP contribution in [0.1, 0.15) is 63.9 Å². The summed E-state index contributed by atoms with van der Waals surface area (Å²) in [6, 6.07) is 9.93. The number of rotatable bonds is 9. The fourth-order valence-electron chi connectivity index (χ4n) is 5.61. The molecule has 0 atom stereocenters. The number of hydrogen-bond acceptors (Lipinski definition) is 6. The van der Waals surface area contributed by atoms with Gasteiger partial charge in [0.2, 0.25) is 10.0 Å². The quantitative estimate of drug-likeness (QED) is 0.483. The number of benzene rings is 2. The van der Waals surface area contributed by atoms with Crippen LogP contribution in [-0.2, 0) is 10.0 Å². The van der Waals surface area contributed by atoms with Crippen molar-refractivity contribution < 1.29 is 27.0 Å². The molecule has 2 aliphatic rings. The van der Waals surface area contributed by atoms with E-state index in [-0.39, 0.29) is 22.9 Å². The van der Waals surface area contributed by atoms with Crippen LogP contribution >= 0.6 is 0 Å². The lowest BCUT2D eigenvalue weighted by Gasteiger charge is -2.41. The van der Waals surface area contributed by atoms with Crippen LogP contribution in [0.3, 0.4) is 0 Å². The SMILES string of the molecule is COc1ccc(S(=O)(=O)NC2CCC(N3CCC(c4ccc(F)cc4OC(C)C)CC3)CC2)cc1OC. The smallest absolute Gasteiger partial charge is 0.240 e. The van der Waals surface area contributed by atoms with E-state index < -0.39 is 10.0 Å². The monoisotopic (exact) mass is 534 g/mol. The van der Waals surface area contributed by atoms with Crippen molar-refractivity contribution in [2.45, 2.75) is 81.4 Å². The summed E-state index contributed by atoms with van der Waals surface area (Å²) in [5, 5.41) is 0. The summed E-state index contributed by atoms with van der Waals surface area (Å²) in [4.78, 5) is 2.72. The third kappa shape index (κ3) is 6.75. The van der Waals surface area contributed by atoms with E-state index in [1.54, 1.807) is 6.07 Å². The molecule has 1 saturated heterocycles. The lowest BCUT2D eigenvalue weighted by Crippen LogP contribution is -2.46. The van der Waals surface area contributed by atoms with Crippen molar-refractivity contribution in [1.29, 1.82) is 0 Å². The standard InChI is InChI=1S/C28H39FN2O5S/c1-19(2)36-27-17-21(29)5-11-25(27)20-13-15-31(16-14-20)23-8-6-22(7-9-23)30-37(32,33)24-10-12-26(34-3)28(18-24)35-4/h5,10-12,17-20,22-23,30H,6-9,13-16H2,1-4H3. The molecule has 1 aliphatic carbocycles. The van der Waals surface area contributed by atoms with Crippen LogP contribution in [0.2, 0.25) is 0 Å². The van der Waals surface area contributed by atoms with Crippen LogP contribution in [0.15, 0.2) is 41.3 Å². The normalized spacial score (nSPS) is 21.7. The molecule has 37 heavy (non-hydrogen) atoms. The maximum absolute atomic E-state index is 13.8. The van der Waals surface area contributed by atoms with Gasteiger partial charge in [0.15, 0.2) is 11.5 Å². The second kappa shape index (κ2) is 12.0. The molecule has 0 unspecified atom stereocenters. The average Bonchev–Trinajstić information content (AvgIpc) is 2.88. The van der Waals surface area contributed by atoms with Crippen molar-refractivity contribution in [1.82, 2.24) is 9.62 Å². The zero-order valence-electron chi connectivity index (χ0n) is 22.2. The summed E-state index contributed by atoms with van der Waals surface area (Å²) in [5.74, 6) is 1.64. The van der Waals surface area contributed by atoms with Crippen LogP contribution in [0.5, 0.6) is 17.2 Å². The Kier molecular flexibility index (Phi) is 8.98. The summed E-state index contributed by atoms with van der Waals surface area (Å²) in [5.41, 5.74) is 1.10. The topological polar surface area (TPSA) is 77.1 Å². The molecule has 2 aromatic carbocycles. The Morgan fingerprint density at radius 1 is 0.892 bits per heavy atom. The third-order valence-corrected chi connectivity index (χ3v) is 9.03. The largest absolute Gasteiger partial charge is 0.493 e. The van der Waals surface area contributed by atoms with Crippen molar-refractivity contribution >= 4 is 10.0 Å². The molecule has 0 amide bonds. The summed E-state index contributed by atoms with van der Waals surface area (Å²) in [6.07, 6.45) is 5.55. The molecule has 4 rings (SSSR count). The molecule has 0 radical (unpaired) electrons. The van der Waals surface area contributed by atoms with Gasteiger partial charge < -0.3 is 19.1 Å². The minimum atomic E-state index is -3.65. The highest BCUT2D eigenvalue weighted by Gasteiger charge is 2.32. The molecule has 1 aliphatic heterocycles. The Balaban J connectivity index is 1.30. The zero-order valence-corrected chi connectivity index (χ0v) is 23.0. The zero-order chi connectivity index (χ0) is 26.6. The third-order valence-electron chi connectivity index (χ3n) is 7.51. The van der Waals surface area contributed by atoms with Crippen LogP contribution in [0, 0.1) is 5.82 Å². The van der Waals surface area contributed by atoms with Gasteiger partial charge in [-0.05, 0) is 95.1 Å². The number of halogens is 1. The fourth-order valence-corrected chi connectivity index (χ4v) is 6.93. The lowest BCUT2D eigenvalue weighted by molar-refractivity contribution is 0.115. The van der Waals surface area contributed by atoms with E-state index >= 15 is 0 Å². The molecule has 2 fully saturated rings. The lowest BCUT2D eigenvalue weighted by atomic mass is 9.85. The Bertz CT molecular complexity index is 1160. The van der Waals surface area contributed by atoms with E-state index in [0.29, 0.717) is 29.2 Å². The number of hydrogen-bond donors (Lipinski definition) is 1. The van der Waals surface area contributed by atoms with E-state index in [0.717, 1.165) is 57.2 Å². The minimum absolute atomic E-state index is 0.00000339. The van der Waals surface area contributed by atoms with Gasteiger partial charge in [0, 0.05) is 24.2 Å². The average molecular weight is 535 g/mol. The second-order valence-electron chi connectivity index (χ2n) is 10.3. The number of piperidine rings is 1. The van der Waals surface area contributed by atoms with Crippen LogP contribution in [-0.4, -0.2) is 58.8 Å². The Morgan fingerprint density at radius 2 is 1.57 bits per heavy atom. The predicted molar refractivity (Wildman–Crippen MR) is 142 cm³/mol. The van der Waals surface area contributed by atoms with Gasteiger partial charge >= 0.3 is 0 Å². The Hall–Kier alpha value is -2.36. The van der Waals surface area contributed by atoms with E-state index in [2.05, 4.69) is 9.62 Å². The molecular weight excluding hydrogens is 495 g/mol. The summed E-state index contributed by atoms with van der Waals surface area (Å²) in [6.45, 7) is 5.88. The number of nitrogens with one attached hydrogen (secondary N) is 1. The van der Waals surface area contributed by atoms with Crippen molar-refractivity contribution in [3.8, 4) is 17.2 Å². The van der Waals surface area contributed by atoms with Crippen LogP contribution < -0.4 is 18.9 Å². The molecule has 2 aromatic rings. The van der Waals surface area contributed by atoms with Crippen molar-refractivity contribution in [3.05, 3.63) is 47.8 Å². The Labute approximate surface area is 220 Å². The first-order valence-electron chi connectivity index (χ1n) is 13.1. The fraction of sp³-hybridized carbons (Fsp3) is 0.571. The van der Waals surface area contributed by atoms with Crippen molar-refractivity contribution in [2.24, 2.45) is 0 Å². The van der Waals surface area contributed by atoms with Crippen molar-refractivity contribution in [3.63, 3.8) is 0 Å². The highest BCUT2D eigenvalue weighted by molar-refractivity contribution is 7.89. The molecule has 0 spiro atoms. The van der Waals surface area contributed by atoms with E-state index in [4.69, 9.17) is 14.2 Å². The highest BCUT2D eigenvalue weighted by Crippen LogP contribution is 2.37. The van der Waals surface area contributed by atoms with Crippen molar-refractivity contribution in [2.75, 3.05) is 27.3 Å². The van der Waals surface area contributed by atoms with Gasteiger partial charge in [-0.25, -0.2) is 17.5 Å². The van der Waals surface area contributed by atoms with E-state index in [9.17, 15) is 12.8 Å². The number of nitrogens with zero attached hydrogens (tertiary/aromatic N) is 1. The molecule has 1 saturated carbocycles. The van der Waals surface area contributed by atoms with Gasteiger partial charge in [0.25, 0.3) is 0 Å². The van der Waals surface area contributed by atoms with E-state index in [1.165, 1.54) is 38.5 Å². The highest BCUT2D eigenvalue weighted by atomic mass is 32.2. The Morgan fingerprint density at radius 3 is 2.19 bits per heavy atom. The maximum atomic E-state index is 13.8. The van der Waals surface area contributed by atoms with Gasteiger partial charge in [0.05, 0.1) is 25.2 Å². The molecule has 9 heteroatoms. The maximum Gasteiger partial charge on any atom is 0.240 e. The van der Waals surface area contributed by atoms with E-state index in [1.807, 2.05) is 19.9 Å². The van der Waals surface area contributed by atoms with Gasteiger partial charge in [-0.1, -0.05) is 6.07 Å². The molecule has 1 heterocycles. The molecule has 1 N–H and O–H groups in total. The van der Waals surface area contributed by atoms with Gasteiger partial charge in [0.1, 0.15) is 11.6 Å². The number of methoxy groups -OCH3 is 2. The first-order chi connectivity index (χ1) is 17.7. The summed E-state index contributed by atoms with van der Waals surface area (Å²) < 4.78 is 59.1. The number of likely N-dealkylation sites (tertiary alicyclic amines) is 1. The van der Waals surface area contributed by atoms with Gasteiger partial charge in [-0.15, -0.1) is 0 Å². The number of ether oxygens (including phenoxy) is 3. The molecule has 7 nitrogen and oxygen atoms in total. The minimum Gasteiger partial charge on any atom is -0.493 e. The molecule has 0 bridgehead atoms. The molecular formula is C28H39FN2O5S. The number of sulfonamides is 1. The van der Waals surface area contributed by atoms with Gasteiger partial charge in [-0.2, -0.15) is 0 Å². The molecule has 204 valence electrons. The predicted octanol–water partition coefficient (Wildman–Crippen LogP) is 5.10. The second-order valence-corrected chi connectivity index (χ2v) is 12.0. The summed E-state index contributed by atoms with van der Waals surface area (Å²) in [7, 11) is -0.641. The molecule has 0 aromatic heterocycles. The summed E-state index contributed by atoms with van der Waals surface area (Å²) >= 11 is 0. The van der Waals surface area contributed by atoms with Crippen LogP contribution in [0.4, 0.5) is 4.39 Å². The van der Waals surface area contributed by atoms with Gasteiger partial charge in [-0.3, -0.25) is 0 Å².